The Hall–Kier alpha value is -0.240. The largest absolute Gasteiger partial charge is 0.354 e. The van der Waals surface area contributed by atoms with Crippen LogP contribution < -0.4 is 0 Å². The van der Waals surface area contributed by atoms with Gasteiger partial charge in [-0.25, -0.2) is 0 Å². The number of aliphatic imine (C=N–C) groups is 1. The van der Waals surface area contributed by atoms with Gasteiger partial charge in [-0.15, -0.1) is 0 Å². The summed E-state index contributed by atoms with van der Waals surface area (Å²) in [7, 11) is 3.27. The van der Waals surface area contributed by atoms with Gasteiger partial charge >= 0.3 is 0 Å². The number of thioether (sulfide) groups is 2. The van der Waals surface area contributed by atoms with E-state index in [2.05, 4.69) is 9.89 Å². The van der Waals surface area contributed by atoms with Crippen LogP contribution in [0.2, 0.25) is 0 Å². The van der Waals surface area contributed by atoms with Crippen LogP contribution in [0.3, 0.4) is 0 Å². The van der Waals surface area contributed by atoms with Crippen LogP contribution >= 0.6 is 23.5 Å². The maximum atomic E-state index is 11.0. The van der Waals surface area contributed by atoms with Crippen LogP contribution in [0.15, 0.2) is 4.99 Å². The van der Waals surface area contributed by atoms with Crippen LogP contribution in [0.25, 0.3) is 0 Å². The molecule has 2 aliphatic heterocycles. The molecule has 1 unspecified atom stereocenters. The summed E-state index contributed by atoms with van der Waals surface area (Å²) in [5.74, 6) is 0.892. The van der Waals surface area contributed by atoms with Crippen LogP contribution in [-0.4, -0.2) is 65.8 Å². The van der Waals surface area contributed by atoms with Gasteiger partial charge in [0.15, 0.2) is 16.6 Å². The number of rotatable bonds is 4. The molecule has 0 radical (unpaired) electrons. The molecule has 0 aromatic rings. The van der Waals surface area contributed by atoms with Gasteiger partial charge in [-0.1, -0.05) is 23.5 Å². The van der Waals surface area contributed by atoms with E-state index in [9.17, 15) is 4.79 Å². The lowest BCUT2D eigenvalue weighted by Crippen LogP contribution is -2.51. The van der Waals surface area contributed by atoms with Gasteiger partial charge in [-0.05, 0) is 0 Å². The fourth-order valence-electron chi connectivity index (χ4n) is 2.00. The van der Waals surface area contributed by atoms with Gasteiger partial charge in [0.1, 0.15) is 6.04 Å². The molecule has 0 aromatic heterocycles. The number of methoxy groups -OCH3 is 2. The number of carbonyl (C=O) groups excluding carboxylic acids is 1. The summed E-state index contributed by atoms with van der Waals surface area (Å²) in [5, 5.41) is 1.67. The predicted octanol–water partition coefficient (Wildman–Crippen LogP) is 1.04. The topological polar surface area (TPSA) is 51.1 Å². The van der Waals surface area contributed by atoms with Crippen molar-refractivity contribution in [2.75, 3.05) is 33.1 Å². The first-order chi connectivity index (χ1) is 8.63. The third kappa shape index (κ3) is 3.20. The Kier molecular flexibility index (Phi) is 4.94. The monoisotopic (exact) mass is 290 g/mol. The number of amidine groups is 1. The van der Waals surface area contributed by atoms with Gasteiger partial charge in [-0.2, -0.15) is 0 Å². The van der Waals surface area contributed by atoms with E-state index in [1.165, 1.54) is 11.8 Å². The van der Waals surface area contributed by atoms with E-state index in [4.69, 9.17) is 9.47 Å². The van der Waals surface area contributed by atoms with Gasteiger partial charge in [0, 0.05) is 45.2 Å². The quantitative estimate of drug-likeness (QED) is 0.721. The highest BCUT2D eigenvalue weighted by Gasteiger charge is 2.35. The molecule has 0 aromatic carbocycles. The third-order valence-electron chi connectivity index (χ3n) is 2.89. The molecule has 0 aliphatic carbocycles. The molecule has 0 N–H and O–H groups in total. The molecule has 0 amide bonds. The summed E-state index contributed by atoms with van der Waals surface area (Å²) in [6.07, 6.45) is -0.265. The Bertz CT molecular complexity index is 341. The maximum absolute atomic E-state index is 11.0. The summed E-state index contributed by atoms with van der Waals surface area (Å²) in [4.78, 5) is 17.8. The van der Waals surface area contributed by atoms with Crippen LogP contribution in [0.4, 0.5) is 0 Å². The molecule has 5 nitrogen and oxygen atoms in total. The van der Waals surface area contributed by atoms with Crippen molar-refractivity contribution in [1.29, 1.82) is 0 Å². The Labute approximate surface area is 116 Å². The Morgan fingerprint density at radius 3 is 2.72 bits per heavy atom. The summed E-state index contributed by atoms with van der Waals surface area (Å²) in [6, 6.07) is 0.0690. The molecule has 0 spiro atoms. The van der Waals surface area contributed by atoms with Crippen molar-refractivity contribution in [3.63, 3.8) is 0 Å². The van der Waals surface area contributed by atoms with Crippen molar-refractivity contribution in [2.24, 2.45) is 4.99 Å². The lowest BCUT2D eigenvalue weighted by molar-refractivity contribution is -0.111. The summed E-state index contributed by atoms with van der Waals surface area (Å²) in [5.41, 5.74) is 0. The van der Waals surface area contributed by atoms with Crippen LogP contribution in [0, 0.1) is 0 Å². The Morgan fingerprint density at radius 1 is 1.50 bits per heavy atom. The average Bonchev–Trinajstić information content (AvgIpc) is 2.73. The van der Waals surface area contributed by atoms with Crippen molar-refractivity contribution in [1.82, 2.24) is 4.90 Å². The smallest absolute Gasteiger partial charge is 0.186 e. The molecule has 7 heteroatoms. The minimum absolute atomic E-state index is 0.0690. The Morgan fingerprint density at radius 2 is 2.17 bits per heavy atom. The molecular weight excluding hydrogens is 272 g/mol. The maximum Gasteiger partial charge on any atom is 0.186 e. The average molecular weight is 290 g/mol. The lowest BCUT2D eigenvalue weighted by atomic mass is 10.2. The molecule has 0 saturated carbocycles. The molecule has 1 atom stereocenters. The highest BCUT2D eigenvalue weighted by molar-refractivity contribution is 8.14. The molecule has 1 fully saturated rings. The van der Waals surface area contributed by atoms with E-state index in [1.807, 2.05) is 0 Å². The van der Waals surface area contributed by atoms with Crippen molar-refractivity contribution in [2.45, 2.75) is 24.5 Å². The molecule has 18 heavy (non-hydrogen) atoms. The normalized spacial score (nSPS) is 24.3. The van der Waals surface area contributed by atoms with Gasteiger partial charge in [0.05, 0.1) is 0 Å². The number of ether oxygens (including phenoxy) is 2. The minimum Gasteiger partial charge on any atom is -0.354 e. The van der Waals surface area contributed by atoms with E-state index in [-0.39, 0.29) is 17.4 Å². The molecule has 1 saturated heterocycles. The SMILES string of the molecule is COC(OC)C1CSC(N2CC(SC(C)=O)C2)=N1. The molecular formula is C11H18N2O3S2. The first kappa shape index (κ1) is 14.2. The minimum atomic E-state index is -0.265. The van der Waals surface area contributed by atoms with E-state index < -0.39 is 0 Å². The van der Waals surface area contributed by atoms with E-state index in [0.29, 0.717) is 5.25 Å². The summed E-state index contributed by atoms with van der Waals surface area (Å²) in [6.45, 7) is 3.44. The van der Waals surface area contributed by atoms with E-state index in [1.54, 1.807) is 32.9 Å². The lowest BCUT2D eigenvalue weighted by Gasteiger charge is -2.39. The van der Waals surface area contributed by atoms with Crippen LogP contribution in [0.1, 0.15) is 6.92 Å². The highest BCUT2D eigenvalue weighted by Crippen LogP contribution is 2.30. The Balaban J connectivity index is 1.82. The second kappa shape index (κ2) is 6.27. The van der Waals surface area contributed by atoms with Crippen molar-refractivity contribution >= 4 is 33.8 Å². The number of hydrogen-bond acceptors (Lipinski definition) is 7. The number of carbonyl (C=O) groups is 1. The van der Waals surface area contributed by atoms with Gasteiger partial charge < -0.3 is 14.4 Å². The number of hydrogen-bond donors (Lipinski definition) is 0. The first-order valence-corrected chi connectivity index (χ1v) is 7.69. The van der Waals surface area contributed by atoms with Crippen molar-refractivity contribution in [3.8, 4) is 0 Å². The highest BCUT2D eigenvalue weighted by atomic mass is 32.2. The van der Waals surface area contributed by atoms with Crippen molar-refractivity contribution in [3.05, 3.63) is 0 Å². The van der Waals surface area contributed by atoms with E-state index >= 15 is 0 Å². The van der Waals surface area contributed by atoms with Crippen LogP contribution in [-0.2, 0) is 14.3 Å². The summed E-state index contributed by atoms with van der Waals surface area (Å²) < 4.78 is 10.5. The second-order valence-electron chi connectivity index (χ2n) is 4.27. The number of nitrogens with zero attached hydrogens (tertiary/aromatic N) is 2. The molecule has 2 aliphatic rings. The standard InChI is InChI=1S/C11H18N2O3S2/c1-7(14)18-8-4-13(5-8)11-12-9(6-17-11)10(15-2)16-3/h8-10H,4-6H2,1-3H3. The summed E-state index contributed by atoms with van der Waals surface area (Å²) >= 11 is 3.16. The zero-order valence-corrected chi connectivity index (χ0v) is 12.4. The second-order valence-corrected chi connectivity index (χ2v) is 6.73. The zero-order valence-electron chi connectivity index (χ0n) is 10.8. The van der Waals surface area contributed by atoms with Gasteiger partial charge in [0.25, 0.3) is 0 Å². The molecule has 2 rings (SSSR count). The molecule has 2 heterocycles. The molecule has 102 valence electrons. The fourth-order valence-corrected chi connectivity index (χ4v) is 4.07. The van der Waals surface area contributed by atoms with E-state index in [0.717, 1.165) is 24.0 Å². The number of likely N-dealkylation sites (tertiary alicyclic amines) is 1. The van der Waals surface area contributed by atoms with Gasteiger partial charge in [-0.3, -0.25) is 9.79 Å². The predicted molar refractivity (Wildman–Crippen MR) is 75.1 cm³/mol. The fraction of sp³-hybridized carbons (Fsp3) is 0.818. The van der Waals surface area contributed by atoms with Gasteiger partial charge in [0.2, 0.25) is 0 Å². The molecule has 0 bridgehead atoms. The van der Waals surface area contributed by atoms with Crippen molar-refractivity contribution < 1.29 is 14.3 Å². The third-order valence-corrected chi connectivity index (χ3v) is 4.98. The zero-order chi connectivity index (χ0) is 13.1. The first-order valence-electron chi connectivity index (χ1n) is 5.82. The van der Waals surface area contributed by atoms with Crippen LogP contribution in [0.5, 0.6) is 0 Å².